The van der Waals surface area contributed by atoms with E-state index in [4.69, 9.17) is 10.00 Å². The minimum Gasteiger partial charge on any atom is -0.457 e. The lowest BCUT2D eigenvalue weighted by atomic mass is 9.98. The van der Waals surface area contributed by atoms with Crippen LogP contribution in [0.4, 0.5) is 0 Å². The van der Waals surface area contributed by atoms with Crippen LogP contribution in [-0.2, 0) is 11.2 Å². The summed E-state index contributed by atoms with van der Waals surface area (Å²) in [5.41, 5.74) is 3.68. The summed E-state index contributed by atoms with van der Waals surface area (Å²) in [6.07, 6.45) is 0.626. The Balaban J connectivity index is 1.91. The van der Waals surface area contributed by atoms with E-state index in [1.165, 1.54) is 11.1 Å². The highest BCUT2D eigenvalue weighted by molar-refractivity contribution is 5.77. The van der Waals surface area contributed by atoms with E-state index < -0.39 is 0 Å². The van der Waals surface area contributed by atoms with Gasteiger partial charge in [-0.15, -0.1) is 0 Å². The van der Waals surface area contributed by atoms with Crippen LogP contribution in [-0.4, -0.2) is 12.5 Å². The van der Waals surface area contributed by atoms with Crippen LogP contribution in [0, 0.1) is 18.3 Å². The quantitative estimate of drug-likeness (QED) is 0.810. The number of ether oxygens (including phenoxy) is 1. The van der Waals surface area contributed by atoms with Crippen LogP contribution in [0.5, 0.6) is 11.5 Å². The third-order valence-corrected chi connectivity index (χ3v) is 4.00. The highest BCUT2D eigenvalue weighted by Crippen LogP contribution is 2.27. The molecule has 0 unspecified atom stereocenters. The number of carbonyl (C=O) groups excluding carboxylic acids is 1. The molecule has 1 amide bonds. The van der Waals surface area contributed by atoms with E-state index in [1.807, 2.05) is 36.4 Å². The molecular formula is C21H24N2O2. The van der Waals surface area contributed by atoms with E-state index in [2.05, 4.69) is 38.2 Å². The highest BCUT2D eigenvalue weighted by atomic mass is 16.5. The smallest absolute Gasteiger partial charge is 0.234 e. The van der Waals surface area contributed by atoms with Crippen molar-refractivity contribution in [1.29, 1.82) is 5.26 Å². The van der Waals surface area contributed by atoms with E-state index in [0.29, 0.717) is 12.5 Å². The van der Waals surface area contributed by atoms with Crippen molar-refractivity contribution in [2.45, 2.75) is 39.5 Å². The van der Waals surface area contributed by atoms with E-state index in [1.54, 1.807) is 0 Å². The Bertz CT molecular complexity index is 758. The van der Waals surface area contributed by atoms with Crippen LogP contribution in [0.3, 0.4) is 0 Å². The maximum Gasteiger partial charge on any atom is 0.234 e. The van der Waals surface area contributed by atoms with Crippen molar-refractivity contribution in [2.24, 2.45) is 0 Å². The lowest BCUT2D eigenvalue weighted by Gasteiger charge is -2.12. The lowest BCUT2D eigenvalue weighted by molar-refractivity contribution is -0.120. The summed E-state index contributed by atoms with van der Waals surface area (Å²) in [6, 6.07) is 15.8. The van der Waals surface area contributed by atoms with Gasteiger partial charge in [-0.1, -0.05) is 32.0 Å². The number of benzene rings is 2. The molecule has 0 atom stereocenters. The molecule has 4 heteroatoms. The zero-order valence-electron chi connectivity index (χ0n) is 15.0. The summed E-state index contributed by atoms with van der Waals surface area (Å²) in [4.78, 5) is 11.2. The molecule has 0 aliphatic heterocycles. The van der Waals surface area contributed by atoms with Gasteiger partial charge < -0.3 is 10.1 Å². The van der Waals surface area contributed by atoms with Crippen LogP contribution in [0.15, 0.2) is 42.5 Å². The number of hydrogen-bond donors (Lipinski definition) is 1. The molecule has 2 rings (SSSR count). The molecule has 2 aromatic rings. The first-order valence-corrected chi connectivity index (χ1v) is 8.50. The zero-order chi connectivity index (χ0) is 18.2. The van der Waals surface area contributed by atoms with Crippen molar-refractivity contribution in [3.05, 3.63) is 59.2 Å². The Labute approximate surface area is 149 Å². The number of carbonyl (C=O) groups is 1. The van der Waals surface area contributed by atoms with Crippen LogP contribution < -0.4 is 10.1 Å². The van der Waals surface area contributed by atoms with Crippen molar-refractivity contribution in [2.75, 3.05) is 6.54 Å². The van der Waals surface area contributed by atoms with Gasteiger partial charge in [-0.2, -0.15) is 5.26 Å². The number of nitrogens with zero attached hydrogens (tertiary/aromatic N) is 1. The normalized spacial score (nSPS) is 10.4. The topological polar surface area (TPSA) is 62.1 Å². The predicted molar refractivity (Wildman–Crippen MR) is 98.7 cm³/mol. The fourth-order valence-electron chi connectivity index (χ4n) is 2.70. The van der Waals surface area contributed by atoms with E-state index >= 15 is 0 Å². The molecule has 0 fully saturated rings. The SMILES string of the molecule is Cc1cc(Oc2ccc(CCNC(=O)CC#N)cc2)ccc1C(C)C. The monoisotopic (exact) mass is 336 g/mol. The molecule has 0 heterocycles. The first-order valence-electron chi connectivity index (χ1n) is 8.50. The summed E-state index contributed by atoms with van der Waals surface area (Å²) in [5, 5.41) is 11.2. The van der Waals surface area contributed by atoms with E-state index in [9.17, 15) is 4.79 Å². The van der Waals surface area contributed by atoms with Gasteiger partial charge in [0.2, 0.25) is 5.91 Å². The summed E-state index contributed by atoms with van der Waals surface area (Å²) in [7, 11) is 0. The Morgan fingerprint density at radius 1 is 1.16 bits per heavy atom. The second-order valence-electron chi connectivity index (χ2n) is 6.35. The van der Waals surface area contributed by atoms with Crippen molar-refractivity contribution in [3.8, 4) is 17.6 Å². The number of amides is 1. The molecule has 130 valence electrons. The summed E-state index contributed by atoms with van der Waals surface area (Å²) in [5.74, 6) is 1.89. The second-order valence-corrected chi connectivity index (χ2v) is 6.35. The molecule has 0 radical (unpaired) electrons. The third kappa shape index (κ3) is 5.65. The van der Waals surface area contributed by atoms with Gasteiger partial charge in [-0.25, -0.2) is 0 Å². The molecule has 2 aromatic carbocycles. The summed E-state index contributed by atoms with van der Waals surface area (Å²) in [6.45, 7) is 7.00. The molecule has 0 saturated carbocycles. The van der Waals surface area contributed by atoms with Crippen molar-refractivity contribution < 1.29 is 9.53 Å². The predicted octanol–water partition coefficient (Wildman–Crippen LogP) is 4.48. The number of nitriles is 1. The molecule has 4 nitrogen and oxygen atoms in total. The maximum absolute atomic E-state index is 11.2. The zero-order valence-corrected chi connectivity index (χ0v) is 15.0. The second kappa shape index (κ2) is 8.89. The highest BCUT2D eigenvalue weighted by Gasteiger charge is 2.06. The van der Waals surface area contributed by atoms with Crippen molar-refractivity contribution in [3.63, 3.8) is 0 Å². The van der Waals surface area contributed by atoms with Gasteiger partial charge in [0, 0.05) is 6.54 Å². The molecule has 0 spiro atoms. The maximum atomic E-state index is 11.2. The molecule has 25 heavy (non-hydrogen) atoms. The Kier molecular flexibility index (Phi) is 6.59. The van der Waals surface area contributed by atoms with Crippen LogP contribution in [0.2, 0.25) is 0 Å². The lowest BCUT2D eigenvalue weighted by Crippen LogP contribution is -2.24. The molecule has 1 N–H and O–H groups in total. The van der Waals surface area contributed by atoms with Crippen LogP contribution >= 0.6 is 0 Å². The van der Waals surface area contributed by atoms with Gasteiger partial charge in [0.15, 0.2) is 0 Å². The average Bonchev–Trinajstić information content (AvgIpc) is 2.56. The summed E-state index contributed by atoms with van der Waals surface area (Å²) < 4.78 is 5.92. The minimum absolute atomic E-state index is 0.0954. The Hall–Kier alpha value is -2.80. The van der Waals surface area contributed by atoms with Gasteiger partial charge in [0.1, 0.15) is 17.9 Å². The standard InChI is InChI=1S/C21H24N2O2/c1-15(2)20-9-8-19(14-16(20)3)25-18-6-4-17(5-7-18)11-13-23-21(24)10-12-22/h4-9,14-15H,10-11,13H2,1-3H3,(H,23,24). The molecule has 0 aliphatic carbocycles. The fraction of sp³-hybridized carbons (Fsp3) is 0.333. The third-order valence-electron chi connectivity index (χ3n) is 4.00. The van der Waals surface area contributed by atoms with Crippen molar-refractivity contribution in [1.82, 2.24) is 5.32 Å². The van der Waals surface area contributed by atoms with Crippen LogP contribution in [0.1, 0.15) is 42.9 Å². The number of rotatable bonds is 7. The molecule has 0 bridgehead atoms. The average molecular weight is 336 g/mol. The molecular weight excluding hydrogens is 312 g/mol. The first-order chi connectivity index (χ1) is 12.0. The number of aryl methyl sites for hydroxylation is 1. The van der Waals surface area contributed by atoms with Crippen molar-refractivity contribution >= 4 is 5.91 Å². The van der Waals surface area contributed by atoms with Gasteiger partial charge in [0.25, 0.3) is 0 Å². The molecule has 0 aliphatic rings. The first kappa shape index (κ1) is 18.5. The van der Waals surface area contributed by atoms with Crippen LogP contribution in [0.25, 0.3) is 0 Å². The number of hydrogen-bond acceptors (Lipinski definition) is 3. The molecule has 0 aromatic heterocycles. The van der Waals surface area contributed by atoms with Gasteiger partial charge >= 0.3 is 0 Å². The molecule has 0 saturated heterocycles. The minimum atomic E-state index is -0.234. The fourth-order valence-corrected chi connectivity index (χ4v) is 2.70. The van der Waals surface area contributed by atoms with Gasteiger partial charge in [-0.05, 0) is 60.2 Å². The van der Waals surface area contributed by atoms with E-state index in [-0.39, 0.29) is 12.3 Å². The number of nitrogens with one attached hydrogen (secondary N) is 1. The summed E-state index contributed by atoms with van der Waals surface area (Å²) >= 11 is 0. The van der Waals surface area contributed by atoms with E-state index in [0.717, 1.165) is 23.5 Å². The van der Waals surface area contributed by atoms with Gasteiger partial charge in [-0.3, -0.25) is 4.79 Å². The Morgan fingerprint density at radius 3 is 2.44 bits per heavy atom. The Morgan fingerprint density at radius 2 is 1.84 bits per heavy atom. The van der Waals surface area contributed by atoms with Gasteiger partial charge in [0.05, 0.1) is 6.07 Å². The largest absolute Gasteiger partial charge is 0.457 e.